The van der Waals surface area contributed by atoms with Crippen molar-refractivity contribution in [3.63, 3.8) is 0 Å². The maximum absolute atomic E-state index is 10.5. The van der Waals surface area contributed by atoms with Gasteiger partial charge in [0.05, 0.1) is 0 Å². The Balaban J connectivity index is 1.45. The molecule has 0 unspecified atom stereocenters. The van der Waals surface area contributed by atoms with Crippen molar-refractivity contribution >= 4 is 0 Å². The van der Waals surface area contributed by atoms with Gasteiger partial charge in [0.1, 0.15) is 5.75 Å². The van der Waals surface area contributed by atoms with Crippen molar-refractivity contribution in [1.82, 2.24) is 5.32 Å². The van der Waals surface area contributed by atoms with E-state index in [2.05, 4.69) is 68.6 Å². The SMILES string of the molecule is CCNCc1ccccc1Cc1cc(O)cc(C[C@@H]2CCC[C@H]([C@]3(C)C=CC[C@H](C)C3)C2)c1. The molecule has 0 aromatic heterocycles. The van der Waals surface area contributed by atoms with E-state index >= 15 is 0 Å². The van der Waals surface area contributed by atoms with Crippen molar-refractivity contribution < 1.29 is 5.11 Å². The largest absolute Gasteiger partial charge is 0.508 e. The zero-order valence-corrected chi connectivity index (χ0v) is 20.9. The van der Waals surface area contributed by atoms with Gasteiger partial charge in [0.2, 0.25) is 0 Å². The molecule has 33 heavy (non-hydrogen) atoms. The van der Waals surface area contributed by atoms with Crippen LogP contribution in [0.4, 0.5) is 0 Å². The molecule has 0 spiro atoms. The molecule has 4 rings (SSSR count). The number of aromatic hydroxyl groups is 1. The zero-order valence-electron chi connectivity index (χ0n) is 20.9. The minimum atomic E-state index is 0.372. The standard InChI is InChI=1S/C31H43NO/c1-4-32-22-28-12-6-5-11-27(28)17-26-16-25(19-30(33)20-26)15-24-10-7-13-29(18-24)31(3)14-8-9-23(2)21-31/h5-6,8,11-12,14,16,19-20,23-24,29,32-33H,4,7,9-10,13,15,17-18,21-22H2,1-3H3/t23-,24-,29-,31+/m0/s1. The highest BCUT2D eigenvalue weighted by molar-refractivity contribution is 5.39. The van der Waals surface area contributed by atoms with E-state index in [1.54, 1.807) is 0 Å². The molecule has 0 amide bonds. The molecule has 2 aromatic carbocycles. The smallest absolute Gasteiger partial charge is 0.116 e. The second kappa shape index (κ2) is 10.9. The highest BCUT2D eigenvalue weighted by Crippen LogP contribution is 2.48. The maximum Gasteiger partial charge on any atom is 0.116 e. The van der Waals surface area contributed by atoms with E-state index in [0.29, 0.717) is 11.2 Å². The van der Waals surface area contributed by atoms with E-state index in [1.807, 2.05) is 12.1 Å². The molecule has 1 saturated carbocycles. The molecule has 0 aliphatic heterocycles. The Kier molecular flexibility index (Phi) is 7.96. The summed E-state index contributed by atoms with van der Waals surface area (Å²) >= 11 is 0. The fourth-order valence-electron chi connectivity index (χ4n) is 6.53. The predicted molar refractivity (Wildman–Crippen MR) is 140 cm³/mol. The Hall–Kier alpha value is -2.06. The third kappa shape index (κ3) is 6.29. The summed E-state index contributed by atoms with van der Waals surface area (Å²) in [5, 5.41) is 14.0. The molecular weight excluding hydrogens is 402 g/mol. The van der Waals surface area contributed by atoms with Gasteiger partial charge in [-0.15, -0.1) is 0 Å². The Labute approximate surface area is 201 Å². The predicted octanol–water partition coefficient (Wildman–Crippen LogP) is 7.43. The minimum absolute atomic E-state index is 0.372. The van der Waals surface area contributed by atoms with E-state index in [1.165, 1.54) is 60.8 Å². The van der Waals surface area contributed by atoms with Crippen molar-refractivity contribution in [1.29, 1.82) is 0 Å². The van der Waals surface area contributed by atoms with Crippen LogP contribution < -0.4 is 5.32 Å². The van der Waals surface area contributed by atoms with Crippen LogP contribution in [0.1, 0.15) is 81.5 Å². The van der Waals surface area contributed by atoms with Crippen LogP contribution in [-0.4, -0.2) is 11.7 Å². The van der Waals surface area contributed by atoms with Crippen LogP contribution >= 0.6 is 0 Å². The molecule has 0 bridgehead atoms. The normalized spacial score (nSPS) is 27.5. The summed E-state index contributed by atoms with van der Waals surface area (Å²) in [6.45, 7) is 8.93. The van der Waals surface area contributed by atoms with Gasteiger partial charge >= 0.3 is 0 Å². The van der Waals surface area contributed by atoms with Crippen LogP contribution in [0.5, 0.6) is 5.75 Å². The summed E-state index contributed by atoms with van der Waals surface area (Å²) in [6.07, 6.45) is 14.9. The number of allylic oxidation sites excluding steroid dienone is 2. The first-order chi connectivity index (χ1) is 15.9. The highest BCUT2D eigenvalue weighted by atomic mass is 16.3. The van der Waals surface area contributed by atoms with Crippen molar-refractivity contribution in [2.45, 2.75) is 78.7 Å². The lowest BCUT2D eigenvalue weighted by Gasteiger charge is -2.43. The van der Waals surface area contributed by atoms with Gasteiger partial charge in [-0.2, -0.15) is 0 Å². The topological polar surface area (TPSA) is 32.3 Å². The van der Waals surface area contributed by atoms with Gasteiger partial charge in [0.25, 0.3) is 0 Å². The molecular formula is C31H43NO. The van der Waals surface area contributed by atoms with Gasteiger partial charge in [-0.1, -0.05) is 76.1 Å². The second-order valence-electron chi connectivity index (χ2n) is 11.1. The Bertz CT molecular complexity index is 948. The highest BCUT2D eigenvalue weighted by Gasteiger charge is 2.37. The molecule has 2 aromatic rings. The zero-order chi connectivity index (χ0) is 23.3. The lowest BCUT2D eigenvalue weighted by molar-refractivity contribution is 0.119. The first kappa shape index (κ1) is 24.1. The van der Waals surface area contributed by atoms with Crippen LogP contribution in [0.3, 0.4) is 0 Å². The van der Waals surface area contributed by atoms with Crippen molar-refractivity contribution in [3.8, 4) is 5.75 Å². The van der Waals surface area contributed by atoms with Crippen LogP contribution in [0.25, 0.3) is 0 Å². The fourth-order valence-corrected chi connectivity index (χ4v) is 6.53. The number of benzene rings is 2. The number of phenolic OH excluding ortho intramolecular Hbond substituents is 1. The quantitative estimate of drug-likeness (QED) is 0.414. The fraction of sp³-hybridized carbons (Fsp3) is 0.548. The third-order valence-corrected chi connectivity index (χ3v) is 8.18. The summed E-state index contributed by atoms with van der Waals surface area (Å²) < 4.78 is 0. The van der Waals surface area contributed by atoms with Gasteiger partial charge in [-0.3, -0.25) is 0 Å². The molecule has 2 aliphatic carbocycles. The molecule has 2 heteroatoms. The summed E-state index contributed by atoms with van der Waals surface area (Å²) in [7, 11) is 0. The van der Waals surface area contributed by atoms with Gasteiger partial charge < -0.3 is 10.4 Å². The van der Waals surface area contributed by atoms with E-state index < -0.39 is 0 Å². The molecule has 2 nitrogen and oxygen atoms in total. The average molecular weight is 446 g/mol. The van der Waals surface area contributed by atoms with Crippen LogP contribution in [0, 0.1) is 23.2 Å². The summed E-state index contributed by atoms with van der Waals surface area (Å²) in [6, 6.07) is 15.0. The van der Waals surface area contributed by atoms with Gasteiger partial charge in [-0.05, 0) is 103 Å². The van der Waals surface area contributed by atoms with E-state index in [4.69, 9.17) is 0 Å². The third-order valence-electron chi connectivity index (χ3n) is 8.18. The molecule has 4 atom stereocenters. The molecule has 0 radical (unpaired) electrons. The first-order valence-corrected chi connectivity index (χ1v) is 13.2. The van der Waals surface area contributed by atoms with Crippen LogP contribution in [-0.2, 0) is 19.4 Å². The van der Waals surface area contributed by atoms with Crippen molar-refractivity contribution in [3.05, 3.63) is 76.9 Å². The lowest BCUT2D eigenvalue weighted by atomic mass is 9.61. The number of phenols is 1. The Morgan fingerprint density at radius 2 is 1.85 bits per heavy atom. The molecule has 0 saturated heterocycles. The molecule has 178 valence electrons. The monoisotopic (exact) mass is 445 g/mol. The maximum atomic E-state index is 10.5. The lowest BCUT2D eigenvalue weighted by Crippen LogP contribution is -2.33. The molecule has 0 heterocycles. The minimum Gasteiger partial charge on any atom is -0.508 e. The van der Waals surface area contributed by atoms with Crippen molar-refractivity contribution in [2.75, 3.05) is 6.54 Å². The second-order valence-corrected chi connectivity index (χ2v) is 11.1. The van der Waals surface area contributed by atoms with Gasteiger partial charge in [0, 0.05) is 6.54 Å². The Morgan fingerprint density at radius 1 is 1.06 bits per heavy atom. The van der Waals surface area contributed by atoms with Crippen LogP contribution in [0.15, 0.2) is 54.6 Å². The summed E-state index contributed by atoms with van der Waals surface area (Å²) in [4.78, 5) is 0. The number of nitrogens with one attached hydrogen (secondary N) is 1. The summed E-state index contributed by atoms with van der Waals surface area (Å²) in [5.74, 6) is 2.74. The molecule has 2 N–H and O–H groups in total. The van der Waals surface area contributed by atoms with Gasteiger partial charge in [0.15, 0.2) is 0 Å². The van der Waals surface area contributed by atoms with E-state index in [-0.39, 0.29) is 0 Å². The Morgan fingerprint density at radius 3 is 2.64 bits per heavy atom. The number of hydrogen-bond acceptors (Lipinski definition) is 2. The number of rotatable bonds is 8. The van der Waals surface area contributed by atoms with Crippen molar-refractivity contribution in [2.24, 2.45) is 23.2 Å². The van der Waals surface area contributed by atoms with Crippen LogP contribution in [0.2, 0.25) is 0 Å². The molecule has 1 fully saturated rings. The van der Waals surface area contributed by atoms with E-state index in [9.17, 15) is 5.11 Å². The average Bonchev–Trinajstić information content (AvgIpc) is 2.78. The van der Waals surface area contributed by atoms with Gasteiger partial charge in [-0.25, -0.2) is 0 Å². The first-order valence-electron chi connectivity index (χ1n) is 13.2. The number of hydrogen-bond donors (Lipinski definition) is 2. The molecule has 2 aliphatic rings. The van der Waals surface area contributed by atoms with E-state index in [0.717, 1.165) is 43.7 Å². The summed E-state index contributed by atoms with van der Waals surface area (Å²) in [5.41, 5.74) is 5.59.